The van der Waals surface area contributed by atoms with Gasteiger partial charge >= 0.3 is 5.97 Å². The first-order valence-corrected chi connectivity index (χ1v) is 11.9. The topological polar surface area (TPSA) is 111 Å². The minimum Gasteiger partial charge on any atom is -0.465 e. The van der Waals surface area contributed by atoms with Gasteiger partial charge in [0.25, 0.3) is 0 Å². The molecule has 2 aromatic heterocycles. The summed E-state index contributed by atoms with van der Waals surface area (Å²) in [4.78, 5) is 29.3. The lowest BCUT2D eigenvalue weighted by atomic mass is 10.2. The molecule has 0 radical (unpaired) electrons. The Kier molecular flexibility index (Phi) is 6.77. The van der Waals surface area contributed by atoms with E-state index in [4.69, 9.17) is 4.74 Å². The van der Waals surface area contributed by atoms with E-state index in [2.05, 4.69) is 10.3 Å². The Balaban J connectivity index is 1.79. The van der Waals surface area contributed by atoms with Crippen molar-refractivity contribution in [3.05, 3.63) is 40.3 Å². The van der Waals surface area contributed by atoms with Crippen LogP contribution in [0.1, 0.15) is 28.8 Å². The molecule has 0 saturated carbocycles. The zero-order valence-corrected chi connectivity index (χ0v) is 19.3. The molecule has 3 aromatic rings. The first kappa shape index (κ1) is 22.9. The van der Waals surface area contributed by atoms with Gasteiger partial charge in [0.15, 0.2) is 0 Å². The number of hydrogen-bond donors (Lipinski definition) is 1. The minimum absolute atomic E-state index is 0.155. The Morgan fingerprint density at radius 2 is 2.00 bits per heavy atom. The Morgan fingerprint density at radius 1 is 1.26 bits per heavy atom. The molecule has 0 aliphatic rings. The third kappa shape index (κ3) is 4.63. The molecule has 0 unspecified atom stereocenters. The third-order valence-electron chi connectivity index (χ3n) is 4.78. The molecule has 0 bridgehead atoms. The van der Waals surface area contributed by atoms with Crippen molar-refractivity contribution in [3.63, 3.8) is 0 Å². The highest BCUT2D eigenvalue weighted by Gasteiger charge is 2.20. The van der Waals surface area contributed by atoms with Gasteiger partial charge in [-0.2, -0.15) is 0 Å². The van der Waals surface area contributed by atoms with E-state index in [1.54, 1.807) is 29.6 Å². The number of aryl methyl sites for hydroxylation is 2. The van der Waals surface area contributed by atoms with Crippen LogP contribution in [0.5, 0.6) is 0 Å². The molecule has 0 spiro atoms. The Labute approximate surface area is 184 Å². The number of nitrogens with one attached hydrogen (secondary N) is 1. The van der Waals surface area contributed by atoms with Crippen molar-refractivity contribution in [1.29, 1.82) is 0 Å². The molecule has 0 fully saturated rings. The van der Waals surface area contributed by atoms with Gasteiger partial charge in [-0.05, 0) is 36.6 Å². The number of rotatable bonds is 8. The number of carbonyl (C=O) groups is 2. The number of fused-ring (bicyclic) bond motifs is 1. The quantitative estimate of drug-likeness (QED) is 0.513. The number of imidazole rings is 1. The molecular weight excluding hydrogens is 440 g/mol. The lowest BCUT2D eigenvalue weighted by molar-refractivity contribution is -0.116. The highest BCUT2D eigenvalue weighted by atomic mass is 32.2. The largest absolute Gasteiger partial charge is 0.465 e. The summed E-state index contributed by atoms with van der Waals surface area (Å²) in [6, 6.07) is 6.50. The summed E-state index contributed by atoms with van der Waals surface area (Å²) < 4.78 is 32.6. The molecule has 3 rings (SSSR count). The molecule has 1 N–H and O–H groups in total. The summed E-state index contributed by atoms with van der Waals surface area (Å²) >= 11 is 1.19. The predicted octanol–water partition coefficient (Wildman–Crippen LogP) is 2.73. The van der Waals surface area contributed by atoms with E-state index >= 15 is 0 Å². The standard InChI is InChI=1S/C20H24N4O5S2/c1-5-24-16-7-6-13(31(27,28)23(2)3)12-15(16)21-17(24)8-9-18(25)22-14-10-11-30-19(14)20(26)29-4/h6-7,10-12H,5,8-9H2,1-4H3,(H,22,25). The molecule has 31 heavy (non-hydrogen) atoms. The monoisotopic (exact) mass is 464 g/mol. The van der Waals surface area contributed by atoms with Crippen LogP contribution in [0, 0.1) is 0 Å². The van der Waals surface area contributed by atoms with Crippen molar-refractivity contribution in [3.8, 4) is 0 Å². The second-order valence-electron chi connectivity index (χ2n) is 6.91. The third-order valence-corrected chi connectivity index (χ3v) is 7.48. The van der Waals surface area contributed by atoms with Crippen molar-refractivity contribution in [2.24, 2.45) is 0 Å². The van der Waals surface area contributed by atoms with Gasteiger partial charge in [-0.25, -0.2) is 22.5 Å². The lowest BCUT2D eigenvalue weighted by Gasteiger charge is -2.11. The number of nitrogens with zero attached hydrogens (tertiary/aromatic N) is 3. The average Bonchev–Trinajstić information content (AvgIpc) is 3.34. The van der Waals surface area contributed by atoms with Gasteiger partial charge < -0.3 is 14.6 Å². The van der Waals surface area contributed by atoms with Crippen LogP contribution in [0.25, 0.3) is 11.0 Å². The number of anilines is 1. The molecule has 1 amide bonds. The van der Waals surface area contributed by atoms with Gasteiger partial charge in [-0.15, -0.1) is 11.3 Å². The summed E-state index contributed by atoms with van der Waals surface area (Å²) in [7, 11) is 0.685. The van der Waals surface area contributed by atoms with Gasteiger partial charge in [-0.3, -0.25) is 4.79 Å². The molecule has 11 heteroatoms. The van der Waals surface area contributed by atoms with E-state index < -0.39 is 16.0 Å². The van der Waals surface area contributed by atoms with Crippen molar-refractivity contribution in [1.82, 2.24) is 13.9 Å². The second-order valence-corrected chi connectivity index (χ2v) is 9.98. The fourth-order valence-electron chi connectivity index (χ4n) is 3.17. The Morgan fingerprint density at radius 3 is 2.65 bits per heavy atom. The molecule has 1 aromatic carbocycles. The fourth-order valence-corrected chi connectivity index (χ4v) is 4.86. The second kappa shape index (κ2) is 9.16. The number of amides is 1. The van der Waals surface area contributed by atoms with Gasteiger partial charge in [0.05, 0.1) is 28.7 Å². The number of sulfonamides is 1. The molecule has 9 nitrogen and oxygen atoms in total. The van der Waals surface area contributed by atoms with Crippen LogP contribution >= 0.6 is 11.3 Å². The number of benzene rings is 1. The number of esters is 1. The van der Waals surface area contributed by atoms with E-state index in [-0.39, 0.29) is 17.2 Å². The number of carbonyl (C=O) groups excluding carboxylic acids is 2. The molecule has 0 atom stereocenters. The van der Waals surface area contributed by atoms with Crippen LogP contribution in [0.3, 0.4) is 0 Å². The van der Waals surface area contributed by atoms with Crippen LogP contribution in [0.15, 0.2) is 34.5 Å². The highest BCUT2D eigenvalue weighted by Crippen LogP contribution is 2.25. The number of methoxy groups -OCH3 is 1. The Bertz CT molecular complexity index is 1230. The van der Waals surface area contributed by atoms with E-state index in [9.17, 15) is 18.0 Å². The van der Waals surface area contributed by atoms with Gasteiger partial charge in [-0.1, -0.05) is 0 Å². The van der Waals surface area contributed by atoms with Crippen LogP contribution in [-0.4, -0.2) is 55.4 Å². The van der Waals surface area contributed by atoms with E-state index in [1.807, 2.05) is 11.5 Å². The van der Waals surface area contributed by atoms with Crippen LogP contribution in [0.2, 0.25) is 0 Å². The zero-order chi connectivity index (χ0) is 22.8. The molecular formula is C20H24N4O5S2. The normalized spacial score (nSPS) is 11.8. The van der Waals surface area contributed by atoms with Crippen molar-refractivity contribution in [2.45, 2.75) is 31.2 Å². The maximum atomic E-state index is 12.4. The maximum Gasteiger partial charge on any atom is 0.350 e. The molecule has 2 heterocycles. The summed E-state index contributed by atoms with van der Waals surface area (Å²) in [5, 5.41) is 4.44. The maximum absolute atomic E-state index is 12.4. The summed E-state index contributed by atoms with van der Waals surface area (Å²) in [6.07, 6.45) is 0.518. The van der Waals surface area contributed by atoms with E-state index in [0.717, 1.165) is 9.82 Å². The van der Waals surface area contributed by atoms with E-state index in [0.29, 0.717) is 34.9 Å². The lowest BCUT2D eigenvalue weighted by Crippen LogP contribution is -2.22. The predicted molar refractivity (Wildman–Crippen MR) is 119 cm³/mol. The smallest absolute Gasteiger partial charge is 0.350 e. The van der Waals surface area contributed by atoms with E-state index in [1.165, 1.54) is 32.5 Å². The SMILES string of the molecule is CCn1c(CCC(=O)Nc2ccsc2C(=O)OC)nc2cc(S(=O)(=O)N(C)C)ccc21. The van der Waals surface area contributed by atoms with Crippen molar-refractivity contribution >= 4 is 50.0 Å². The Hall–Kier alpha value is -2.76. The van der Waals surface area contributed by atoms with Crippen molar-refractivity contribution in [2.75, 3.05) is 26.5 Å². The molecule has 0 aliphatic carbocycles. The van der Waals surface area contributed by atoms with Gasteiger partial charge in [0.1, 0.15) is 10.7 Å². The molecule has 0 aliphatic heterocycles. The molecule has 166 valence electrons. The molecule has 0 saturated heterocycles. The fraction of sp³-hybridized carbons (Fsp3) is 0.350. The average molecular weight is 465 g/mol. The number of hydrogen-bond acceptors (Lipinski definition) is 7. The number of thiophene rings is 1. The first-order chi connectivity index (χ1) is 14.7. The highest BCUT2D eigenvalue weighted by molar-refractivity contribution is 7.89. The van der Waals surface area contributed by atoms with Crippen molar-refractivity contribution < 1.29 is 22.7 Å². The summed E-state index contributed by atoms with van der Waals surface area (Å²) in [5.41, 5.74) is 1.79. The minimum atomic E-state index is -3.56. The summed E-state index contributed by atoms with van der Waals surface area (Å²) in [5.74, 6) is -0.0683. The van der Waals surface area contributed by atoms with Gasteiger partial charge in [0.2, 0.25) is 15.9 Å². The summed E-state index contributed by atoms with van der Waals surface area (Å²) in [6.45, 7) is 2.59. The number of aromatic nitrogens is 2. The zero-order valence-electron chi connectivity index (χ0n) is 17.7. The van der Waals surface area contributed by atoms with Crippen LogP contribution < -0.4 is 5.32 Å². The van der Waals surface area contributed by atoms with Gasteiger partial charge in [0, 0.05) is 33.5 Å². The van der Waals surface area contributed by atoms with Crippen LogP contribution in [0.4, 0.5) is 5.69 Å². The first-order valence-electron chi connectivity index (χ1n) is 9.56. The van der Waals surface area contributed by atoms with Crippen LogP contribution in [-0.2, 0) is 32.5 Å². The number of ether oxygens (including phenoxy) is 1.